The van der Waals surface area contributed by atoms with Crippen LogP contribution in [0.15, 0.2) is 54.6 Å². The van der Waals surface area contributed by atoms with Crippen LogP contribution in [0.5, 0.6) is 0 Å². The predicted octanol–water partition coefficient (Wildman–Crippen LogP) is 6.33. The fourth-order valence-corrected chi connectivity index (χ4v) is 5.18. The summed E-state index contributed by atoms with van der Waals surface area (Å²) in [6.07, 6.45) is 1.55. The molecule has 0 aliphatic carbocycles. The minimum atomic E-state index is -0.408. The van der Waals surface area contributed by atoms with Gasteiger partial charge < -0.3 is 4.98 Å². The van der Waals surface area contributed by atoms with E-state index in [2.05, 4.69) is 44.3 Å². The molecule has 2 N–H and O–H groups in total. The minimum absolute atomic E-state index is 0.296. The number of imidazole rings is 1. The zero-order valence-corrected chi connectivity index (χ0v) is 20.3. The van der Waals surface area contributed by atoms with Crippen molar-refractivity contribution in [3.8, 4) is 22.6 Å². The summed E-state index contributed by atoms with van der Waals surface area (Å²) in [5, 5.41) is 7.77. The Morgan fingerprint density at radius 3 is 2.67 bits per heavy atom. The zero-order chi connectivity index (χ0) is 24.8. The lowest BCUT2D eigenvalue weighted by Crippen LogP contribution is -2.30. The maximum Gasteiger partial charge on any atom is 0.159 e. The first-order chi connectivity index (χ1) is 17.5. The van der Waals surface area contributed by atoms with Crippen LogP contribution in [0.25, 0.3) is 33.5 Å². The van der Waals surface area contributed by atoms with Crippen molar-refractivity contribution in [2.45, 2.75) is 39.8 Å². The highest BCUT2D eigenvalue weighted by molar-refractivity contribution is 5.94. The molecule has 2 aromatic heterocycles. The Labute approximate surface area is 208 Å². The van der Waals surface area contributed by atoms with Crippen LogP contribution in [0.4, 0.5) is 8.78 Å². The molecule has 1 aliphatic heterocycles. The second-order valence-corrected chi connectivity index (χ2v) is 9.52. The van der Waals surface area contributed by atoms with Gasteiger partial charge in [-0.1, -0.05) is 43.3 Å². The summed E-state index contributed by atoms with van der Waals surface area (Å²) < 4.78 is 29.9. The van der Waals surface area contributed by atoms with Gasteiger partial charge in [-0.3, -0.25) is 10.00 Å². The number of nitrogens with one attached hydrogen (secondary N) is 2. The van der Waals surface area contributed by atoms with Gasteiger partial charge in [0, 0.05) is 26.1 Å². The highest BCUT2D eigenvalue weighted by Gasteiger charge is 2.24. The molecule has 5 nitrogen and oxygen atoms in total. The molecule has 0 amide bonds. The Morgan fingerprint density at radius 2 is 1.86 bits per heavy atom. The van der Waals surface area contributed by atoms with E-state index < -0.39 is 5.82 Å². The van der Waals surface area contributed by atoms with Crippen LogP contribution >= 0.6 is 0 Å². The van der Waals surface area contributed by atoms with E-state index in [9.17, 15) is 4.39 Å². The molecule has 0 fully saturated rings. The minimum Gasteiger partial charge on any atom is -0.339 e. The van der Waals surface area contributed by atoms with Gasteiger partial charge in [-0.25, -0.2) is 13.8 Å². The first-order valence-corrected chi connectivity index (χ1v) is 12.3. The number of aryl methyl sites for hydroxylation is 2. The molecule has 0 spiro atoms. The number of H-pyrrole nitrogens is 2. The van der Waals surface area contributed by atoms with Crippen molar-refractivity contribution in [2.24, 2.45) is 0 Å². The van der Waals surface area contributed by atoms with Gasteiger partial charge in [-0.2, -0.15) is 5.10 Å². The molecule has 5 aromatic rings. The van der Waals surface area contributed by atoms with Crippen LogP contribution in [0.2, 0.25) is 0 Å². The normalized spacial score (nSPS) is 13.9. The summed E-state index contributed by atoms with van der Waals surface area (Å²) in [4.78, 5) is 10.5. The third-order valence-electron chi connectivity index (χ3n) is 7.08. The fraction of sp³-hybridized carbons (Fsp3) is 0.241. The maximum absolute atomic E-state index is 15.5. The first-order valence-electron chi connectivity index (χ1n) is 12.3. The summed E-state index contributed by atoms with van der Waals surface area (Å²) in [5.74, 6) is -0.139. The van der Waals surface area contributed by atoms with Crippen LogP contribution in [0.3, 0.4) is 0 Å². The molecule has 0 bridgehead atoms. The van der Waals surface area contributed by atoms with E-state index >= 15 is 4.39 Å². The molecular weight excluding hydrogens is 456 g/mol. The average molecular weight is 484 g/mol. The van der Waals surface area contributed by atoms with Crippen molar-refractivity contribution in [2.75, 3.05) is 6.54 Å². The van der Waals surface area contributed by atoms with E-state index in [0.717, 1.165) is 49.4 Å². The van der Waals surface area contributed by atoms with E-state index in [1.54, 1.807) is 6.92 Å². The average Bonchev–Trinajstić information content (AvgIpc) is 3.50. The van der Waals surface area contributed by atoms with Crippen molar-refractivity contribution in [1.29, 1.82) is 0 Å². The van der Waals surface area contributed by atoms with E-state index in [4.69, 9.17) is 4.98 Å². The van der Waals surface area contributed by atoms with Gasteiger partial charge in [0.15, 0.2) is 5.82 Å². The summed E-state index contributed by atoms with van der Waals surface area (Å²) >= 11 is 0. The monoisotopic (exact) mass is 483 g/mol. The molecule has 0 atom stereocenters. The number of rotatable bonds is 5. The molecule has 6 rings (SSSR count). The molecule has 1 aliphatic rings. The predicted molar refractivity (Wildman–Crippen MR) is 137 cm³/mol. The molecule has 36 heavy (non-hydrogen) atoms. The molecule has 0 radical (unpaired) electrons. The lowest BCUT2D eigenvalue weighted by Gasteiger charge is -2.25. The standard InChI is InChI=1S/C29H27F2N5/c1-3-19-11-17(2)22(30)14-21(19)20-12-23(31)27-25(13-20)34-35-28(27)29-32-24-9-10-36(16-26(24)33-29)15-18-7-5-4-6-8-18/h4-8,11-14H,3,9-10,15-16H2,1-2H3,(H,32,33)(H,34,35). The van der Waals surface area contributed by atoms with Gasteiger partial charge in [0.25, 0.3) is 0 Å². The number of halogens is 2. The third kappa shape index (κ3) is 3.99. The van der Waals surface area contributed by atoms with E-state index in [1.165, 1.54) is 17.7 Å². The molecular formula is C29H27F2N5. The number of fused-ring (bicyclic) bond motifs is 2. The van der Waals surface area contributed by atoms with Crippen LogP contribution in [-0.2, 0) is 25.9 Å². The van der Waals surface area contributed by atoms with Crippen molar-refractivity contribution in [3.63, 3.8) is 0 Å². The van der Waals surface area contributed by atoms with E-state index in [1.807, 2.05) is 25.1 Å². The smallest absolute Gasteiger partial charge is 0.159 e. The molecule has 0 saturated heterocycles. The number of hydrogen-bond donors (Lipinski definition) is 2. The summed E-state index contributed by atoms with van der Waals surface area (Å²) in [5.41, 5.74) is 7.24. The van der Waals surface area contributed by atoms with Crippen LogP contribution in [0.1, 0.15) is 35.0 Å². The molecule has 0 unspecified atom stereocenters. The number of aromatic nitrogens is 4. The van der Waals surface area contributed by atoms with Crippen molar-refractivity contribution in [3.05, 3.63) is 94.3 Å². The summed E-state index contributed by atoms with van der Waals surface area (Å²) in [6.45, 7) is 6.30. The Hall–Kier alpha value is -3.84. The number of aromatic amines is 2. The van der Waals surface area contributed by atoms with Gasteiger partial charge in [0.2, 0.25) is 0 Å². The van der Waals surface area contributed by atoms with E-state index in [-0.39, 0.29) is 5.82 Å². The van der Waals surface area contributed by atoms with Crippen molar-refractivity contribution in [1.82, 2.24) is 25.1 Å². The Balaban J connectivity index is 1.33. The highest BCUT2D eigenvalue weighted by atomic mass is 19.1. The third-order valence-corrected chi connectivity index (χ3v) is 7.08. The molecule has 0 saturated carbocycles. The van der Waals surface area contributed by atoms with Gasteiger partial charge in [0.05, 0.1) is 22.3 Å². The Bertz CT molecular complexity index is 1570. The Morgan fingerprint density at radius 1 is 1.03 bits per heavy atom. The topological polar surface area (TPSA) is 60.6 Å². The zero-order valence-electron chi connectivity index (χ0n) is 20.3. The van der Waals surface area contributed by atoms with Crippen LogP contribution in [-0.4, -0.2) is 31.6 Å². The van der Waals surface area contributed by atoms with Crippen molar-refractivity contribution >= 4 is 10.9 Å². The second kappa shape index (κ2) is 8.99. The second-order valence-electron chi connectivity index (χ2n) is 9.52. The summed E-state index contributed by atoms with van der Waals surface area (Å²) in [7, 11) is 0. The SMILES string of the molecule is CCc1cc(C)c(F)cc1-c1cc(F)c2c(-c3nc4c([nH]3)CN(Cc3ccccc3)CC4)n[nH]c2c1. The van der Waals surface area contributed by atoms with E-state index in [0.29, 0.717) is 39.1 Å². The van der Waals surface area contributed by atoms with Crippen LogP contribution in [0, 0.1) is 18.6 Å². The lowest BCUT2D eigenvalue weighted by molar-refractivity contribution is 0.241. The Kier molecular flexibility index (Phi) is 5.64. The summed E-state index contributed by atoms with van der Waals surface area (Å²) in [6, 6.07) is 17.0. The maximum atomic E-state index is 15.5. The fourth-order valence-electron chi connectivity index (χ4n) is 5.18. The quantitative estimate of drug-likeness (QED) is 0.307. The number of nitrogens with zero attached hydrogens (tertiary/aromatic N) is 3. The lowest BCUT2D eigenvalue weighted by atomic mass is 9.95. The molecule has 3 heterocycles. The van der Waals surface area contributed by atoms with Crippen molar-refractivity contribution < 1.29 is 8.78 Å². The van der Waals surface area contributed by atoms with Gasteiger partial charge in [-0.05, 0) is 59.4 Å². The van der Waals surface area contributed by atoms with Crippen LogP contribution < -0.4 is 0 Å². The number of benzene rings is 3. The van der Waals surface area contributed by atoms with Gasteiger partial charge in [-0.15, -0.1) is 0 Å². The molecule has 3 aromatic carbocycles. The van der Waals surface area contributed by atoms with Gasteiger partial charge >= 0.3 is 0 Å². The van der Waals surface area contributed by atoms with Gasteiger partial charge in [0.1, 0.15) is 17.3 Å². The molecule has 182 valence electrons. The molecule has 7 heteroatoms. The highest BCUT2D eigenvalue weighted by Crippen LogP contribution is 2.34. The number of hydrogen-bond acceptors (Lipinski definition) is 3. The largest absolute Gasteiger partial charge is 0.339 e. The first kappa shape index (κ1) is 22.6.